The molecule has 0 radical (unpaired) electrons. The lowest BCUT2D eigenvalue weighted by Gasteiger charge is -2.45. The van der Waals surface area contributed by atoms with Crippen LogP contribution in [0.25, 0.3) is 0 Å². The van der Waals surface area contributed by atoms with E-state index in [-0.39, 0.29) is 5.41 Å². The molecule has 2 aliphatic rings. The average Bonchev–Trinajstić information content (AvgIpc) is 2.96. The summed E-state index contributed by atoms with van der Waals surface area (Å²) in [5.74, 6) is 0.550. The molecular formula is C12H23NO. The molecule has 2 saturated carbocycles. The van der Waals surface area contributed by atoms with E-state index in [0.29, 0.717) is 12.5 Å². The summed E-state index contributed by atoms with van der Waals surface area (Å²) in [6, 6.07) is 0. The predicted octanol–water partition coefficient (Wildman–Crippen LogP) is 2.06. The normalized spacial score (nSPS) is 30.2. The Morgan fingerprint density at radius 3 is 2.29 bits per heavy atom. The van der Waals surface area contributed by atoms with E-state index < -0.39 is 5.60 Å². The van der Waals surface area contributed by atoms with Gasteiger partial charge < -0.3 is 10.8 Å². The van der Waals surface area contributed by atoms with Crippen LogP contribution in [0.1, 0.15) is 51.9 Å². The van der Waals surface area contributed by atoms with Crippen LogP contribution in [-0.2, 0) is 0 Å². The van der Waals surface area contributed by atoms with Gasteiger partial charge in [-0.05, 0) is 38.0 Å². The molecular weight excluding hydrogens is 174 g/mol. The molecule has 0 aromatic rings. The number of nitrogens with two attached hydrogens (primary N) is 1. The molecule has 0 saturated heterocycles. The molecule has 2 aliphatic carbocycles. The van der Waals surface area contributed by atoms with E-state index in [1.807, 2.05) is 0 Å². The highest BCUT2D eigenvalue weighted by molar-refractivity contribution is 5.08. The van der Waals surface area contributed by atoms with Gasteiger partial charge in [-0.1, -0.05) is 19.8 Å². The molecule has 1 atom stereocenters. The zero-order chi connectivity index (χ0) is 10.2. The summed E-state index contributed by atoms with van der Waals surface area (Å²) in [5.41, 5.74) is 5.55. The summed E-state index contributed by atoms with van der Waals surface area (Å²) in [5, 5.41) is 10.8. The monoisotopic (exact) mass is 197 g/mol. The van der Waals surface area contributed by atoms with Crippen molar-refractivity contribution in [1.82, 2.24) is 0 Å². The van der Waals surface area contributed by atoms with E-state index in [0.717, 1.165) is 19.3 Å². The minimum Gasteiger partial charge on any atom is -0.389 e. The van der Waals surface area contributed by atoms with Gasteiger partial charge in [0.2, 0.25) is 0 Å². The fraction of sp³-hybridized carbons (Fsp3) is 1.00. The van der Waals surface area contributed by atoms with E-state index in [2.05, 4.69) is 6.92 Å². The van der Waals surface area contributed by atoms with Gasteiger partial charge in [-0.2, -0.15) is 0 Å². The Morgan fingerprint density at radius 2 is 1.93 bits per heavy atom. The van der Waals surface area contributed by atoms with Crippen LogP contribution in [0.4, 0.5) is 0 Å². The average molecular weight is 197 g/mol. The van der Waals surface area contributed by atoms with Crippen molar-refractivity contribution in [3.05, 3.63) is 0 Å². The molecule has 0 spiro atoms. The van der Waals surface area contributed by atoms with Crippen LogP contribution in [0, 0.1) is 11.3 Å². The van der Waals surface area contributed by atoms with Crippen molar-refractivity contribution in [3.63, 3.8) is 0 Å². The topological polar surface area (TPSA) is 46.2 Å². The molecule has 2 heteroatoms. The van der Waals surface area contributed by atoms with Crippen molar-refractivity contribution in [3.8, 4) is 0 Å². The number of hydrogen-bond donors (Lipinski definition) is 2. The molecule has 82 valence electrons. The quantitative estimate of drug-likeness (QED) is 0.724. The van der Waals surface area contributed by atoms with Gasteiger partial charge in [-0.3, -0.25) is 0 Å². The maximum Gasteiger partial charge on any atom is 0.0741 e. The van der Waals surface area contributed by atoms with Gasteiger partial charge in [0.25, 0.3) is 0 Å². The maximum atomic E-state index is 10.8. The van der Waals surface area contributed by atoms with Crippen molar-refractivity contribution in [2.45, 2.75) is 57.5 Å². The second-order valence-corrected chi connectivity index (χ2v) is 5.24. The molecule has 2 rings (SSSR count). The molecule has 1 unspecified atom stereocenters. The summed E-state index contributed by atoms with van der Waals surface area (Å²) >= 11 is 0. The summed E-state index contributed by atoms with van der Waals surface area (Å²) < 4.78 is 0. The zero-order valence-electron chi connectivity index (χ0n) is 9.26. The summed E-state index contributed by atoms with van der Waals surface area (Å²) in [6.45, 7) is 2.79. The third-order valence-electron chi connectivity index (χ3n) is 4.66. The van der Waals surface area contributed by atoms with Crippen LogP contribution in [0.5, 0.6) is 0 Å². The highest BCUT2D eigenvalue weighted by Crippen LogP contribution is 2.56. The summed E-state index contributed by atoms with van der Waals surface area (Å²) in [6.07, 6.45) is 8.11. The second-order valence-electron chi connectivity index (χ2n) is 5.24. The first kappa shape index (κ1) is 10.4. The fourth-order valence-electron chi connectivity index (χ4n) is 3.52. The lowest BCUT2D eigenvalue weighted by molar-refractivity contribution is -0.0989. The second kappa shape index (κ2) is 3.49. The molecule has 0 bridgehead atoms. The van der Waals surface area contributed by atoms with Gasteiger partial charge in [-0.25, -0.2) is 0 Å². The van der Waals surface area contributed by atoms with Crippen LogP contribution >= 0.6 is 0 Å². The Hall–Kier alpha value is -0.0800. The molecule has 3 N–H and O–H groups in total. The maximum absolute atomic E-state index is 10.8. The van der Waals surface area contributed by atoms with Crippen molar-refractivity contribution in [2.75, 3.05) is 6.54 Å². The first-order valence-electron chi connectivity index (χ1n) is 6.11. The predicted molar refractivity (Wildman–Crippen MR) is 57.9 cm³/mol. The van der Waals surface area contributed by atoms with Gasteiger partial charge in [-0.15, -0.1) is 0 Å². The van der Waals surface area contributed by atoms with Crippen LogP contribution in [-0.4, -0.2) is 17.3 Å². The van der Waals surface area contributed by atoms with E-state index in [1.54, 1.807) is 0 Å². The molecule has 0 aliphatic heterocycles. The lowest BCUT2D eigenvalue weighted by Crippen LogP contribution is -2.52. The Balaban J connectivity index is 2.22. The molecule has 2 fully saturated rings. The number of aliphatic hydroxyl groups is 1. The van der Waals surface area contributed by atoms with Crippen LogP contribution in [0.3, 0.4) is 0 Å². The van der Waals surface area contributed by atoms with E-state index >= 15 is 0 Å². The van der Waals surface area contributed by atoms with Crippen molar-refractivity contribution < 1.29 is 5.11 Å². The summed E-state index contributed by atoms with van der Waals surface area (Å²) in [4.78, 5) is 0. The SMILES string of the molecule is CCC(O)(C1CC1)C1(CN)CCCC1. The number of hydrogen-bond acceptors (Lipinski definition) is 2. The van der Waals surface area contributed by atoms with Gasteiger partial charge in [0, 0.05) is 12.0 Å². The Kier molecular flexibility index (Phi) is 2.61. The molecule has 14 heavy (non-hydrogen) atoms. The Morgan fingerprint density at radius 1 is 1.36 bits per heavy atom. The highest BCUT2D eigenvalue weighted by atomic mass is 16.3. The van der Waals surface area contributed by atoms with Gasteiger partial charge in [0.1, 0.15) is 0 Å². The van der Waals surface area contributed by atoms with Crippen LogP contribution in [0.2, 0.25) is 0 Å². The first-order chi connectivity index (χ1) is 6.68. The van der Waals surface area contributed by atoms with E-state index in [1.165, 1.54) is 25.7 Å². The minimum atomic E-state index is -0.446. The largest absolute Gasteiger partial charge is 0.389 e. The third-order valence-corrected chi connectivity index (χ3v) is 4.66. The third kappa shape index (κ3) is 1.31. The minimum absolute atomic E-state index is 0.0584. The van der Waals surface area contributed by atoms with Gasteiger partial charge >= 0.3 is 0 Å². The van der Waals surface area contributed by atoms with Gasteiger partial charge in [0.15, 0.2) is 0 Å². The zero-order valence-corrected chi connectivity index (χ0v) is 9.26. The lowest BCUT2D eigenvalue weighted by atomic mass is 9.66. The molecule has 0 amide bonds. The van der Waals surface area contributed by atoms with Crippen molar-refractivity contribution in [1.29, 1.82) is 0 Å². The molecule has 0 heterocycles. The van der Waals surface area contributed by atoms with Crippen LogP contribution < -0.4 is 5.73 Å². The van der Waals surface area contributed by atoms with Crippen molar-refractivity contribution >= 4 is 0 Å². The van der Waals surface area contributed by atoms with E-state index in [9.17, 15) is 5.11 Å². The Bertz CT molecular complexity index is 202. The van der Waals surface area contributed by atoms with Crippen molar-refractivity contribution in [2.24, 2.45) is 17.1 Å². The number of rotatable bonds is 4. The smallest absolute Gasteiger partial charge is 0.0741 e. The molecule has 2 nitrogen and oxygen atoms in total. The molecule has 0 aromatic carbocycles. The highest BCUT2D eigenvalue weighted by Gasteiger charge is 2.56. The molecule has 0 aromatic heterocycles. The first-order valence-corrected chi connectivity index (χ1v) is 6.11. The summed E-state index contributed by atoms with van der Waals surface area (Å²) in [7, 11) is 0. The van der Waals surface area contributed by atoms with Gasteiger partial charge in [0.05, 0.1) is 5.60 Å². The Labute approximate surface area is 86.9 Å². The van der Waals surface area contributed by atoms with Crippen LogP contribution in [0.15, 0.2) is 0 Å². The fourth-order valence-corrected chi connectivity index (χ4v) is 3.52. The van der Waals surface area contributed by atoms with E-state index in [4.69, 9.17) is 5.73 Å². The standard InChI is InChI=1S/C12H23NO/c1-2-12(14,10-5-6-10)11(9-13)7-3-4-8-11/h10,14H,2-9,13H2,1H3.